The molecule has 0 unspecified atom stereocenters. The third-order valence-electron chi connectivity index (χ3n) is 3.31. The number of hydrogen-bond donors (Lipinski definition) is 0. The largest absolute Gasteiger partial charge is 0.494 e. The number of hydrogen-bond acceptors (Lipinski definition) is 3. The van der Waals surface area contributed by atoms with Crippen LogP contribution in [-0.4, -0.2) is 22.2 Å². The topological polar surface area (TPSA) is 44.1 Å². The molecule has 1 aromatic heterocycles. The molecule has 4 heteroatoms. The summed E-state index contributed by atoms with van der Waals surface area (Å²) in [7, 11) is 0. The van der Waals surface area contributed by atoms with Crippen molar-refractivity contribution in [1.29, 1.82) is 0 Å². The molecule has 0 aliphatic carbocycles. The zero-order valence-corrected chi connectivity index (χ0v) is 12.9. The van der Waals surface area contributed by atoms with Crippen molar-refractivity contribution in [2.45, 2.75) is 40.2 Å². The maximum absolute atomic E-state index is 12.6. The van der Waals surface area contributed by atoms with Gasteiger partial charge in [0.2, 0.25) is 5.78 Å². The van der Waals surface area contributed by atoms with Gasteiger partial charge in [0.05, 0.1) is 12.3 Å². The Morgan fingerprint density at radius 2 is 1.90 bits per heavy atom. The standard InChI is InChI=1S/C17H22N2O2/c1-4-11-21-15-9-7-13(8-10-15)17(20)16-12-14(5-2)18-19(16)6-3/h7-10,12H,4-6,11H2,1-3H3. The molecule has 0 atom stereocenters. The molecule has 0 saturated heterocycles. The van der Waals surface area contributed by atoms with Crippen LogP contribution in [0, 0.1) is 0 Å². The summed E-state index contributed by atoms with van der Waals surface area (Å²) in [5, 5.41) is 4.42. The molecule has 0 radical (unpaired) electrons. The predicted octanol–water partition coefficient (Wildman–Crippen LogP) is 3.49. The number of ether oxygens (including phenoxy) is 1. The number of carbonyl (C=O) groups is 1. The zero-order valence-electron chi connectivity index (χ0n) is 12.9. The van der Waals surface area contributed by atoms with E-state index < -0.39 is 0 Å². The van der Waals surface area contributed by atoms with E-state index in [1.165, 1.54) is 0 Å². The van der Waals surface area contributed by atoms with Crippen LogP contribution in [0.25, 0.3) is 0 Å². The fourth-order valence-electron chi connectivity index (χ4n) is 2.14. The first kappa shape index (κ1) is 15.3. The number of benzene rings is 1. The molecular formula is C17H22N2O2. The van der Waals surface area contributed by atoms with Gasteiger partial charge < -0.3 is 4.74 Å². The maximum Gasteiger partial charge on any atom is 0.211 e. The van der Waals surface area contributed by atoms with Gasteiger partial charge in [-0.05, 0) is 50.1 Å². The molecular weight excluding hydrogens is 264 g/mol. The second-order valence-corrected chi connectivity index (χ2v) is 4.89. The van der Waals surface area contributed by atoms with E-state index in [1.807, 2.05) is 44.2 Å². The molecule has 0 saturated carbocycles. The number of carbonyl (C=O) groups excluding carboxylic acids is 1. The third-order valence-corrected chi connectivity index (χ3v) is 3.31. The quantitative estimate of drug-likeness (QED) is 0.732. The Balaban J connectivity index is 2.21. The molecule has 2 rings (SSSR count). The van der Waals surface area contributed by atoms with Crippen LogP contribution >= 0.6 is 0 Å². The Morgan fingerprint density at radius 3 is 2.48 bits per heavy atom. The van der Waals surface area contributed by atoms with E-state index in [9.17, 15) is 4.79 Å². The summed E-state index contributed by atoms with van der Waals surface area (Å²) in [6.45, 7) is 7.48. The average molecular weight is 286 g/mol. The van der Waals surface area contributed by atoms with Crippen molar-refractivity contribution in [3.63, 3.8) is 0 Å². The van der Waals surface area contributed by atoms with Gasteiger partial charge in [0.25, 0.3) is 0 Å². The van der Waals surface area contributed by atoms with Crippen molar-refractivity contribution in [1.82, 2.24) is 9.78 Å². The minimum absolute atomic E-state index is 0.00564. The minimum Gasteiger partial charge on any atom is -0.494 e. The predicted molar refractivity (Wildman–Crippen MR) is 82.9 cm³/mol. The van der Waals surface area contributed by atoms with Gasteiger partial charge in [-0.2, -0.15) is 5.10 Å². The summed E-state index contributed by atoms with van der Waals surface area (Å²) in [4.78, 5) is 12.6. The Bertz CT molecular complexity index is 600. The molecule has 1 heterocycles. The highest BCUT2D eigenvalue weighted by atomic mass is 16.5. The van der Waals surface area contributed by atoms with E-state index in [0.29, 0.717) is 24.4 Å². The van der Waals surface area contributed by atoms with Gasteiger partial charge in [-0.1, -0.05) is 13.8 Å². The van der Waals surface area contributed by atoms with Crippen LogP contribution in [-0.2, 0) is 13.0 Å². The lowest BCUT2D eigenvalue weighted by atomic mass is 10.1. The van der Waals surface area contributed by atoms with Crippen LogP contribution in [0.5, 0.6) is 5.75 Å². The number of ketones is 1. The summed E-state index contributed by atoms with van der Waals surface area (Å²) in [6, 6.07) is 9.19. The smallest absolute Gasteiger partial charge is 0.211 e. The van der Waals surface area contributed by atoms with Crippen LogP contribution in [0.4, 0.5) is 0 Å². The van der Waals surface area contributed by atoms with Crippen LogP contribution in [0.1, 0.15) is 48.9 Å². The Kier molecular flexibility index (Phi) is 5.14. The van der Waals surface area contributed by atoms with E-state index >= 15 is 0 Å². The monoisotopic (exact) mass is 286 g/mol. The van der Waals surface area contributed by atoms with Gasteiger partial charge >= 0.3 is 0 Å². The van der Waals surface area contributed by atoms with Gasteiger partial charge in [0.15, 0.2) is 0 Å². The van der Waals surface area contributed by atoms with E-state index in [0.717, 1.165) is 24.3 Å². The molecule has 21 heavy (non-hydrogen) atoms. The Morgan fingerprint density at radius 1 is 1.19 bits per heavy atom. The van der Waals surface area contributed by atoms with Gasteiger partial charge in [0, 0.05) is 12.1 Å². The van der Waals surface area contributed by atoms with Crippen LogP contribution < -0.4 is 4.74 Å². The Labute approximate surface area is 125 Å². The average Bonchev–Trinajstić information content (AvgIpc) is 2.96. The van der Waals surface area contributed by atoms with Crippen LogP contribution in [0.15, 0.2) is 30.3 Å². The van der Waals surface area contributed by atoms with Crippen molar-refractivity contribution in [3.05, 3.63) is 47.3 Å². The number of aromatic nitrogens is 2. The fourth-order valence-corrected chi connectivity index (χ4v) is 2.14. The van der Waals surface area contributed by atoms with E-state index in [2.05, 4.69) is 12.0 Å². The highest BCUT2D eigenvalue weighted by Gasteiger charge is 2.16. The van der Waals surface area contributed by atoms with Crippen molar-refractivity contribution in [2.75, 3.05) is 6.61 Å². The third kappa shape index (κ3) is 3.51. The molecule has 0 aliphatic heterocycles. The van der Waals surface area contributed by atoms with Gasteiger partial charge in [0.1, 0.15) is 11.4 Å². The molecule has 2 aromatic rings. The van der Waals surface area contributed by atoms with Gasteiger partial charge in [-0.25, -0.2) is 0 Å². The van der Waals surface area contributed by atoms with Crippen LogP contribution in [0.2, 0.25) is 0 Å². The number of rotatable bonds is 7. The molecule has 0 spiro atoms. The molecule has 112 valence electrons. The van der Waals surface area contributed by atoms with Crippen molar-refractivity contribution < 1.29 is 9.53 Å². The van der Waals surface area contributed by atoms with Crippen LogP contribution in [0.3, 0.4) is 0 Å². The highest BCUT2D eigenvalue weighted by molar-refractivity contribution is 6.08. The van der Waals surface area contributed by atoms with Crippen molar-refractivity contribution in [2.24, 2.45) is 0 Å². The molecule has 0 amide bonds. The van der Waals surface area contributed by atoms with Gasteiger partial charge in [-0.15, -0.1) is 0 Å². The van der Waals surface area contributed by atoms with E-state index in [-0.39, 0.29) is 5.78 Å². The second-order valence-electron chi connectivity index (χ2n) is 4.89. The molecule has 0 bridgehead atoms. The summed E-state index contributed by atoms with van der Waals surface area (Å²) in [5.74, 6) is 0.803. The summed E-state index contributed by atoms with van der Waals surface area (Å²) in [6.07, 6.45) is 1.80. The Hall–Kier alpha value is -2.10. The molecule has 4 nitrogen and oxygen atoms in total. The molecule has 1 aromatic carbocycles. The lowest BCUT2D eigenvalue weighted by molar-refractivity contribution is 0.102. The normalized spacial score (nSPS) is 10.6. The van der Waals surface area contributed by atoms with Crippen molar-refractivity contribution >= 4 is 5.78 Å². The molecule has 0 N–H and O–H groups in total. The molecule has 0 aliphatic rings. The lowest BCUT2D eigenvalue weighted by Gasteiger charge is -2.06. The lowest BCUT2D eigenvalue weighted by Crippen LogP contribution is -2.10. The van der Waals surface area contributed by atoms with Crippen molar-refractivity contribution in [3.8, 4) is 5.75 Å². The second kappa shape index (κ2) is 7.07. The summed E-state index contributed by atoms with van der Waals surface area (Å²) < 4.78 is 7.30. The summed E-state index contributed by atoms with van der Waals surface area (Å²) in [5.41, 5.74) is 2.26. The maximum atomic E-state index is 12.6. The first-order valence-electron chi connectivity index (χ1n) is 7.53. The first-order valence-corrected chi connectivity index (χ1v) is 7.53. The number of aryl methyl sites for hydroxylation is 2. The summed E-state index contributed by atoms with van der Waals surface area (Å²) >= 11 is 0. The number of nitrogens with zero attached hydrogens (tertiary/aromatic N) is 2. The van der Waals surface area contributed by atoms with E-state index in [1.54, 1.807) is 4.68 Å². The highest BCUT2D eigenvalue weighted by Crippen LogP contribution is 2.17. The fraction of sp³-hybridized carbons (Fsp3) is 0.412. The zero-order chi connectivity index (χ0) is 15.2. The minimum atomic E-state index is 0.00564. The van der Waals surface area contributed by atoms with Gasteiger partial charge in [-0.3, -0.25) is 9.48 Å². The SMILES string of the molecule is CCCOc1ccc(C(=O)c2cc(CC)nn2CC)cc1. The van der Waals surface area contributed by atoms with E-state index in [4.69, 9.17) is 4.74 Å². The molecule has 0 fully saturated rings. The first-order chi connectivity index (χ1) is 10.2.